The van der Waals surface area contributed by atoms with Crippen molar-refractivity contribution in [2.45, 2.75) is 40.2 Å². The third kappa shape index (κ3) is 4.23. The van der Waals surface area contributed by atoms with Gasteiger partial charge in [0.05, 0.1) is 6.61 Å². The van der Waals surface area contributed by atoms with Crippen LogP contribution in [-0.4, -0.2) is 31.7 Å². The first-order valence-electron chi connectivity index (χ1n) is 7.30. The van der Waals surface area contributed by atoms with Crippen LogP contribution >= 0.6 is 0 Å². The molecule has 1 rings (SSSR count). The van der Waals surface area contributed by atoms with E-state index in [0.29, 0.717) is 13.0 Å². The van der Waals surface area contributed by atoms with E-state index in [1.807, 2.05) is 0 Å². The van der Waals surface area contributed by atoms with E-state index in [9.17, 15) is 4.79 Å². The van der Waals surface area contributed by atoms with Gasteiger partial charge in [-0.1, -0.05) is 6.07 Å². The van der Waals surface area contributed by atoms with Crippen molar-refractivity contribution in [3.8, 4) is 0 Å². The van der Waals surface area contributed by atoms with Crippen molar-refractivity contribution < 1.29 is 9.53 Å². The summed E-state index contributed by atoms with van der Waals surface area (Å²) in [4.78, 5) is 13.9. The van der Waals surface area contributed by atoms with Crippen molar-refractivity contribution in [2.24, 2.45) is 5.73 Å². The molecule has 0 aromatic heterocycles. The van der Waals surface area contributed by atoms with Crippen LogP contribution in [0.25, 0.3) is 0 Å². The van der Waals surface area contributed by atoms with Gasteiger partial charge in [0.1, 0.15) is 6.04 Å². The molecule has 0 heterocycles. The Kier molecular flexibility index (Phi) is 6.52. The zero-order chi connectivity index (χ0) is 15.1. The fraction of sp³-hybridized carbons (Fsp3) is 0.562. The summed E-state index contributed by atoms with van der Waals surface area (Å²) in [5.74, 6) is -0.334. The Labute approximate surface area is 121 Å². The van der Waals surface area contributed by atoms with Crippen LogP contribution in [0.4, 0.5) is 5.69 Å². The van der Waals surface area contributed by atoms with Crippen LogP contribution in [0.15, 0.2) is 18.2 Å². The molecule has 0 saturated heterocycles. The number of esters is 1. The van der Waals surface area contributed by atoms with Gasteiger partial charge in [0.25, 0.3) is 0 Å². The Bertz CT molecular complexity index is 442. The second-order valence-corrected chi connectivity index (χ2v) is 4.85. The first-order valence-corrected chi connectivity index (χ1v) is 7.30. The van der Waals surface area contributed by atoms with E-state index >= 15 is 0 Å². The fourth-order valence-corrected chi connectivity index (χ4v) is 2.26. The molecule has 1 aromatic carbocycles. The molecule has 0 spiro atoms. The maximum Gasteiger partial charge on any atom is 0.323 e. The van der Waals surface area contributed by atoms with Crippen LogP contribution < -0.4 is 10.6 Å². The zero-order valence-corrected chi connectivity index (χ0v) is 13.0. The van der Waals surface area contributed by atoms with Gasteiger partial charge >= 0.3 is 5.97 Å². The normalized spacial score (nSPS) is 12.1. The number of aryl methyl sites for hydroxylation is 1. The van der Waals surface area contributed by atoms with Gasteiger partial charge in [-0.15, -0.1) is 0 Å². The molecule has 0 bridgehead atoms. The summed E-state index contributed by atoms with van der Waals surface area (Å²) < 4.78 is 4.94. The first-order chi connectivity index (χ1) is 9.53. The highest BCUT2D eigenvalue weighted by atomic mass is 16.5. The number of ether oxygens (including phenoxy) is 1. The standard InChI is InChI=1S/C16H26N2O2/c1-5-18(6-2)14-9-8-13(12(4)10-14)11-15(17)16(19)20-7-3/h8-10,15H,5-7,11,17H2,1-4H3. The van der Waals surface area contributed by atoms with Crippen molar-refractivity contribution in [2.75, 3.05) is 24.6 Å². The van der Waals surface area contributed by atoms with Gasteiger partial charge in [-0.2, -0.15) is 0 Å². The van der Waals surface area contributed by atoms with Gasteiger partial charge in [0.15, 0.2) is 0 Å². The van der Waals surface area contributed by atoms with Crippen LogP contribution in [0.3, 0.4) is 0 Å². The number of benzene rings is 1. The van der Waals surface area contributed by atoms with Gasteiger partial charge in [0, 0.05) is 18.8 Å². The quantitative estimate of drug-likeness (QED) is 0.777. The zero-order valence-electron chi connectivity index (χ0n) is 13.0. The molecule has 0 saturated carbocycles. The van der Waals surface area contributed by atoms with Gasteiger partial charge in [-0.3, -0.25) is 4.79 Å². The number of hydrogen-bond acceptors (Lipinski definition) is 4. The van der Waals surface area contributed by atoms with E-state index in [1.54, 1.807) is 6.92 Å². The lowest BCUT2D eigenvalue weighted by Crippen LogP contribution is -2.34. The van der Waals surface area contributed by atoms with E-state index in [4.69, 9.17) is 10.5 Å². The molecule has 112 valence electrons. The number of carbonyl (C=O) groups excluding carboxylic acids is 1. The summed E-state index contributed by atoms with van der Waals surface area (Å²) in [6.45, 7) is 10.5. The number of hydrogen-bond donors (Lipinski definition) is 1. The van der Waals surface area contributed by atoms with E-state index < -0.39 is 6.04 Å². The highest BCUT2D eigenvalue weighted by molar-refractivity contribution is 5.76. The van der Waals surface area contributed by atoms with E-state index in [1.165, 1.54) is 5.69 Å². The van der Waals surface area contributed by atoms with Gasteiger partial charge < -0.3 is 15.4 Å². The lowest BCUT2D eigenvalue weighted by Gasteiger charge is -2.22. The maximum atomic E-state index is 11.6. The second kappa shape index (κ2) is 7.90. The van der Waals surface area contributed by atoms with Crippen LogP contribution in [0.1, 0.15) is 31.9 Å². The number of nitrogens with zero attached hydrogens (tertiary/aromatic N) is 1. The Morgan fingerprint density at radius 3 is 2.45 bits per heavy atom. The number of carbonyl (C=O) groups is 1. The van der Waals surface area contributed by atoms with Crippen LogP contribution in [0, 0.1) is 6.92 Å². The molecular formula is C16H26N2O2. The average Bonchev–Trinajstić information content (AvgIpc) is 2.43. The molecule has 1 atom stereocenters. The minimum atomic E-state index is -0.590. The molecule has 2 N–H and O–H groups in total. The van der Waals surface area contributed by atoms with E-state index in [0.717, 1.165) is 24.2 Å². The Balaban J connectivity index is 2.80. The summed E-state index contributed by atoms with van der Waals surface area (Å²) in [5, 5.41) is 0. The highest BCUT2D eigenvalue weighted by Crippen LogP contribution is 2.20. The molecule has 0 aliphatic heterocycles. The van der Waals surface area contributed by atoms with Gasteiger partial charge in [-0.05, 0) is 57.4 Å². The third-order valence-corrected chi connectivity index (χ3v) is 3.48. The average molecular weight is 278 g/mol. The third-order valence-electron chi connectivity index (χ3n) is 3.48. The summed E-state index contributed by atoms with van der Waals surface area (Å²) in [5.41, 5.74) is 9.34. The Hall–Kier alpha value is -1.55. The summed E-state index contributed by atoms with van der Waals surface area (Å²) in [6, 6.07) is 5.71. The summed E-state index contributed by atoms with van der Waals surface area (Å²) >= 11 is 0. The van der Waals surface area contributed by atoms with Crippen LogP contribution in [0.2, 0.25) is 0 Å². The minimum Gasteiger partial charge on any atom is -0.465 e. The maximum absolute atomic E-state index is 11.6. The fourth-order valence-electron chi connectivity index (χ4n) is 2.26. The molecule has 0 fully saturated rings. The van der Waals surface area contributed by atoms with Crippen molar-refractivity contribution >= 4 is 11.7 Å². The molecular weight excluding hydrogens is 252 g/mol. The second-order valence-electron chi connectivity index (χ2n) is 4.85. The monoisotopic (exact) mass is 278 g/mol. The minimum absolute atomic E-state index is 0.334. The molecule has 0 radical (unpaired) electrons. The lowest BCUT2D eigenvalue weighted by molar-refractivity contribution is -0.144. The number of nitrogens with two attached hydrogens (primary N) is 1. The molecule has 1 unspecified atom stereocenters. The Morgan fingerprint density at radius 1 is 1.30 bits per heavy atom. The molecule has 1 aromatic rings. The van der Waals surface area contributed by atoms with Crippen molar-refractivity contribution in [1.29, 1.82) is 0 Å². The first kappa shape index (κ1) is 16.5. The predicted molar refractivity (Wildman–Crippen MR) is 83.1 cm³/mol. The summed E-state index contributed by atoms with van der Waals surface area (Å²) in [7, 11) is 0. The molecule has 4 nitrogen and oxygen atoms in total. The van der Waals surface area contributed by atoms with Gasteiger partial charge in [-0.25, -0.2) is 0 Å². The molecule has 20 heavy (non-hydrogen) atoms. The van der Waals surface area contributed by atoms with Crippen LogP contribution in [0.5, 0.6) is 0 Å². The highest BCUT2D eigenvalue weighted by Gasteiger charge is 2.16. The predicted octanol–water partition coefficient (Wildman–Crippen LogP) is 2.27. The van der Waals surface area contributed by atoms with Gasteiger partial charge in [0.2, 0.25) is 0 Å². The molecule has 4 heteroatoms. The van der Waals surface area contributed by atoms with E-state index in [-0.39, 0.29) is 5.97 Å². The number of rotatable bonds is 7. The van der Waals surface area contributed by atoms with Crippen LogP contribution in [-0.2, 0) is 16.0 Å². The van der Waals surface area contributed by atoms with Crippen molar-refractivity contribution in [3.63, 3.8) is 0 Å². The molecule has 0 aliphatic carbocycles. The van der Waals surface area contributed by atoms with Crippen molar-refractivity contribution in [3.05, 3.63) is 29.3 Å². The Morgan fingerprint density at radius 2 is 1.95 bits per heavy atom. The van der Waals surface area contributed by atoms with E-state index in [2.05, 4.69) is 43.9 Å². The topological polar surface area (TPSA) is 55.6 Å². The SMILES string of the molecule is CCOC(=O)C(N)Cc1ccc(N(CC)CC)cc1C. The number of anilines is 1. The molecule has 0 amide bonds. The molecule has 0 aliphatic rings. The smallest absolute Gasteiger partial charge is 0.323 e. The summed E-state index contributed by atoms with van der Waals surface area (Å²) in [6.07, 6.45) is 0.517. The lowest BCUT2D eigenvalue weighted by atomic mass is 10.0. The largest absolute Gasteiger partial charge is 0.465 e. The van der Waals surface area contributed by atoms with Crippen molar-refractivity contribution in [1.82, 2.24) is 0 Å².